The Morgan fingerprint density at radius 2 is 1.90 bits per heavy atom. The molecular weight excluding hydrogens is 388 g/mol. The number of aromatic nitrogens is 3. The first kappa shape index (κ1) is 18.9. The highest BCUT2D eigenvalue weighted by molar-refractivity contribution is 7.22. The van der Waals surface area contributed by atoms with E-state index in [1.165, 1.54) is 11.3 Å². The second-order valence-electron chi connectivity index (χ2n) is 6.09. The minimum absolute atomic E-state index is 0.213. The van der Waals surface area contributed by atoms with Gasteiger partial charge in [0.1, 0.15) is 5.75 Å². The zero-order valence-corrected chi connectivity index (χ0v) is 16.9. The summed E-state index contributed by atoms with van der Waals surface area (Å²) in [5.74, 6) is 0.836. The Morgan fingerprint density at radius 3 is 2.66 bits per heavy atom. The molecule has 0 aliphatic heterocycles. The van der Waals surface area contributed by atoms with Crippen LogP contribution in [0.15, 0.2) is 54.7 Å². The van der Waals surface area contributed by atoms with Gasteiger partial charge in [-0.15, -0.1) is 0 Å². The maximum Gasteiger partial charge on any atom is 0.281 e. The molecule has 2 heterocycles. The number of anilines is 1. The van der Waals surface area contributed by atoms with Crippen LogP contribution in [0.5, 0.6) is 11.5 Å². The molecule has 0 fully saturated rings. The van der Waals surface area contributed by atoms with Gasteiger partial charge in [-0.2, -0.15) is 5.10 Å². The van der Waals surface area contributed by atoms with Gasteiger partial charge < -0.3 is 9.47 Å². The summed E-state index contributed by atoms with van der Waals surface area (Å²) in [6.45, 7) is 4.83. The second kappa shape index (κ2) is 8.32. The fourth-order valence-electron chi connectivity index (χ4n) is 2.86. The lowest BCUT2D eigenvalue weighted by Gasteiger charge is -2.02. The van der Waals surface area contributed by atoms with Crippen molar-refractivity contribution in [2.75, 3.05) is 18.5 Å². The summed E-state index contributed by atoms with van der Waals surface area (Å²) in [7, 11) is 0. The largest absolute Gasteiger partial charge is 0.494 e. The normalized spacial score (nSPS) is 10.8. The van der Waals surface area contributed by atoms with Crippen LogP contribution in [0.1, 0.15) is 24.3 Å². The zero-order chi connectivity index (χ0) is 20.2. The monoisotopic (exact) mass is 408 g/mol. The van der Waals surface area contributed by atoms with Gasteiger partial charge in [-0.25, -0.2) is 9.67 Å². The first-order valence-electron chi connectivity index (χ1n) is 9.30. The molecule has 1 N–H and O–H groups in total. The van der Waals surface area contributed by atoms with Crippen LogP contribution >= 0.6 is 11.3 Å². The second-order valence-corrected chi connectivity index (χ2v) is 7.12. The summed E-state index contributed by atoms with van der Waals surface area (Å²) in [5, 5.41) is 7.75. The number of carbonyl (C=O) groups is 1. The first-order valence-corrected chi connectivity index (χ1v) is 10.1. The minimum atomic E-state index is -0.368. The van der Waals surface area contributed by atoms with E-state index in [0.717, 1.165) is 21.7 Å². The molecule has 29 heavy (non-hydrogen) atoms. The maximum atomic E-state index is 12.9. The number of hydrogen-bond acceptors (Lipinski definition) is 6. The molecule has 0 saturated carbocycles. The Morgan fingerprint density at radius 1 is 1.10 bits per heavy atom. The minimum Gasteiger partial charge on any atom is -0.494 e. The van der Waals surface area contributed by atoms with E-state index in [2.05, 4.69) is 15.4 Å². The Balaban J connectivity index is 1.60. The molecule has 0 unspecified atom stereocenters. The number of nitrogens with one attached hydrogen (secondary N) is 1. The van der Waals surface area contributed by atoms with Crippen molar-refractivity contribution in [3.63, 3.8) is 0 Å². The van der Waals surface area contributed by atoms with Crippen molar-refractivity contribution in [3.05, 3.63) is 60.4 Å². The summed E-state index contributed by atoms with van der Waals surface area (Å²) < 4.78 is 13.7. The van der Waals surface area contributed by atoms with Crippen molar-refractivity contribution < 1.29 is 14.3 Å². The number of benzene rings is 2. The fourth-order valence-corrected chi connectivity index (χ4v) is 3.75. The predicted molar refractivity (Wildman–Crippen MR) is 113 cm³/mol. The van der Waals surface area contributed by atoms with Gasteiger partial charge in [-0.1, -0.05) is 29.5 Å². The molecule has 148 valence electrons. The van der Waals surface area contributed by atoms with E-state index >= 15 is 0 Å². The quantitative estimate of drug-likeness (QED) is 0.486. The molecule has 4 aromatic rings. The highest BCUT2D eigenvalue weighted by Gasteiger charge is 2.20. The Kier molecular flexibility index (Phi) is 5.44. The summed E-state index contributed by atoms with van der Waals surface area (Å²) in [5.41, 5.74) is 1.86. The van der Waals surface area contributed by atoms with E-state index in [4.69, 9.17) is 9.47 Å². The van der Waals surface area contributed by atoms with Gasteiger partial charge in [-0.3, -0.25) is 10.1 Å². The fraction of sp³-hybridized carbons (Fsp3) is 0.190. The van der Waals surface area contributed by atoms with E-state index < -0.39 is 0 Å². The molecule has 0 atom stereocenters. The van der Waals surface area contributed by atoms with Crippen molar-refractivity contribution in [1.29, 1.82) is 0 Å². The van der Waals surface area contributed by atoms with Gasteiger partial charge in [0.2, 0.25) is 0 Å². The number of carbonyl (C=O) groups excluding carboxylic acids is 1. The third kappa shape index (κ3) is 4.07. The summed E-state index contributed by atoms with van der Waals surface area (Å²) in [6, 6.07) is 15.2. The number of nitrogens with zero attached hydrogens (tertiary/aromatic N) is 3. The molecule has 0 aliphatic rings. The van der Waals surface area contributed by atoms with E-state index in [0.29, 0.717) is 24.1 Å². The van der Waals surface area contributed by atoms with Crippen LogP contribution in [-0.4, -0.2) is 33.9 Å². The Labute approximate surface area is 171 Å². The SMILES string of the molecule is CCOc1ccc2nc(NC(=O)c3nn(-c4ccccc4)cc3OCC)sc2c1. The number of para-hydroxylation sites is 1. The Bertz CT molecular complexity index is 1140. The third-order valence-corrected chi connectivity index (χ3v) is 5.04. The molecule has 4 rings (SSSR count). The van der Waals surface area contributed by atoms with Crippen molar-refractivity contribution in [1.82, 2.24) is 14.8 Å². The molecule has 0 bridgehead atoms. The number of fused-ring (bicyclic) bond motifs is 1. The molecule has 7 nitrogen and oxygen atoms in total. The van der Waals surface area contributed by atoms with Crippen LogP contribution in [0.3, 0.4) is 0 Å². The van der Waals surface area contributed by atoms with Crippen molar-refractivity contribution in [2.45, 2.75) is 13.8 Å². The van der Waals surface area contributed by atoms with E-state index in [1.54, 1.807) is 10.9 Å². The highest BCUT2D eigenvalue weighted by Crippen LogP contribution is 2.30. The predicted octanol–water partition coefficient (Wildman–Crippen LogP) is 4.53. The summed E-state index contributed by atoms with van der Waals surface area (Å²) in [6.07, 6.45) is 1.71. The van der Waals surface area contributed by atoms with Crippen LogP contribution in [-0.2, 0) is 0 Å². The number of thiazole rings is 1. The maximum absolute atomic E-state index is 12.9. The Hall–Kier alpha value is -3.39. The molecule has 0 radical (unpaired) electrons. The van der Waals surface area contributed by atoms with Crippen molar-refractivity contribution in [2.24, 2.45) is 0 Å². The summed E-state index contributed by atoms with van der Waals surface area (Å²) in [4.78, 5) is 17.4. The average Bonchev–Trinajstić information content (AvgIpc) is 3.32. The van der Waals surface area contributed by atoms with E-state index in [-0.39, 0.29) is 11.6 Å². The van der Waals surface area contributed by atoms with Gasteiger partial charge in [0, 0.05) is 0 Å². The van der Waals surface area contributed by atoms with Crippen LogP contribution in [0.25, 0.3) is 15.9 Å². The van der Waals surface area contributed by atoms with Crippen LogP contribution in [0, 0.1) is 0 Å². The molecule has 2 aromatic carbocycles. The molecular formula is C21H20N4O3S. The topological polar surface area (TPSA) is 78.3 Å². The van der Waals surface area contributed by atoms with Gasteiger partial charge in [-0.05, 0) is 44.2 Å². The number of amides is 1. The molecule has 2 aromatic heterocycles. The average molecular weight is 408 g/mol. The first-order chi connectivity index (χ1) is 14.2. The molecule has 0 saturated heterocycles. The van der Waals surface area contributed by atoms with Crippen LogP contribution in [0.4, 0.5) is 5.13 Å². The van der Waals surface area contributed by atoms with Crippen molar-refractivity contribution >= 4 is 32.6 Å². The van der Waals surface area contributed by atoms with Gasteiger partial charge >= 0.3 is 0 Å². The summed E-state index contributed by atoms with van der Waals surface area (Å²) >= 11 is 1.38. The molecule has 0 aliphatic carbocycles. The molecule has 0 spiro atoms. The van der Waals surface area contributed by atoms with Crippen molar-refractivity contribution in [3.8, 4) is 17.2 Å². The van der Waals surface area contributed by atoms with Gasteiger partial charge in [0.15, 0.2) is 16.6 Å². The molecule has 8 heteroatoms. The number of hydrogen-bond donors (Lipinski definition) is 1. The number of ether oxygens (including phenoxy) is 2. The lowest BCUT2D eigenvalue weighted by molar-refractivity contribution is 0.101. The van der Waals surface area contributed by atoms with E-state index in [1.807, 2.05) is 62.4 Å². The highest BCUT2D eigenvalue weighted by atomic mass is 32.1. The lowest BCUT2D eigenvalue weighted by Crippen LogP contribution is -2.14. The standard InChI is InChI=1S/C21H20N4O3S/c1-3-27-15-10-11-16-18(12-15)29-21(22-16)23-20(26)19-17(28-4-2)13-25(24-19)14-8-6-5-7-9-14/h5-13H,3-4H2,1-2H3,(H,22,23,26). The lowest BCUT2D eigenvalue weighted by atomic mass is 10.3. The van der Waals surface area contributed by atoms with E-state index in [9.17, 15) is 4.79 Å². The number of rotatable bonds is 7. The van der Waals surface area contributed by atoms with Gasteiger partial charge in [0.05, 0.1) is 35.3 Å². The third-order valence-electron chi connectivity index (χ3n) is 4.11. The zero-order valence-electron chi connectivity index (χ0n) is 16.1. The van der Waals surface area contributed by atoms with Crippen LogP contribution < -0.4 is 14.8 Å². The smallest absolute Gasteiger partial charge is 0.281 e. The molecule has 1 amide bonds. The van der Waals surface area contributed by atoms with Crippen LogP contribution in [0.2, 0.25) is 0 Å². The van der Waals surface area contributed by atoms with Gasteiger partial charge in [0.25, 0.3) is 5.91 Å².